The molecular formula is C17H22BrNO4. The van der Waals surface area contributed by atoms with Gasteiger partial charge < -0.3 is 14.8 Å². The van der Waals surface area contributed by atoms with Crippen LogP contribution in [0.2, 0.25) is 0 Å². The first kappa shape index (κ1) is 17.9. The molecule has 1 atom stereocenters. The standard InChI is InChI=1S/C17H22BrNO4/c1-11-14(8-7-13(18)16(11)17(21)22-2)19-15(20)9-6-12-5-3-4-10-23-12/h7-8,12H,3-6,9-10H2,1-2H3,(H,19,20)/t12-/m0/s1. The summed E-state index contributed by atoms with van der Waals surface area (Å²) in [6.45, 7) is 2.58. The molecule has 126 valence electrons. The number of amides is 1. The topological polar surface area (TPSA) is 64.6 Å². The molecule has 1 aromatic rings. The Bertz CT molecular complexity index is 582. The number of carbonyl (C=O) groups is 2. The predicted octanol–water partition coefficient (Wildman–Crippen LogP) is 3.83. The number of carbonyl (C=O) groups excluding carboxylic acids is 2. The average molecular weight is 384 g/mol. The Labute approximate surface area is 144 Å². The molecule has 23 heavy (non-hydrogen) atoms. The number of hydrogen-bond acceptors (Lipinski definition) is 4. The summed E-state index contributed by atoms with van der Waals surface area (Å²) in [6.07, 6.45) is 4.62. The van der Waals surface area contributed by atoms with Gasteiger partial charge in [0.25, 0.3) is 0 Å². The van der Waals surface area contributed by atoms with Gasteiger partial charge in [-0.25, -0.2) is 4.79 Å². The van der Waals surface area contributed by atoms with Crippen LogP contribution in [0.5, 0.6) is 0 Å². The van der Waals surface area contributed by atoms with Crippen molar-refractivity contribution in [2.45, 2.75) is 45.1 Å². The molecule has 1 aliphatic heterocycles. The number of nitrogens with one attached hydrogen (secondary N) is 1. The second-order valence-electron chi connectivity index (χ2n) is 5.66. The van der Waals surface area contributed by atoms with Crippen molar-refractivity contribution in [3.05, 3.63) is 27.7 Å². The van der Waals surface area contributed by atoms with E-state index >= 15 is 0 Å². The Hall–Kier alpha value is -1.40. The van der Waals surface area contributed by atoms with Gasteiger partial charge in [-0.2, -0.15) is 0 Å². The van der Waals surface area contributed by atoms with E-state index in [1.807, 2.05) is 0 Å². The van der Waals surface area contributed by atoms with E-state index in [2.05, 4.69) is 21.2 Å². The van der Waals surface area contributed by atoms with Gasteiger partial charge in [0.1, 0.15) is 0 Å². The summed E-state index contributed by atoms with van der Waals surface area (Å²) in [7, 11) is 1.34. The van der Waals surface area contributed by atoms with Crippen molar-refractivity contribution in [3.8, 4) is 0 Å². The number of methoxy groups -OCH3 is 1. The molecular weight excluding hydrogens is 362 g/mol. The Morgan fingerprint density at radius 1 is 1.39 bits per heavy atom. The van der Waals surface area contributed by atoms with Crippen LogP contribution in [0.25, 0.3) is 0 Å². The van der Waals surface area contributed by atoms with Crippen LogP contribution >= 0.6 is 15.9 Å². The van der Waals surface area contributed by atoms with Gasteiger partial charge in [-0.15, -0.1) is 0 Å². The summed E-state index contributed by atoms with van der Waals surface area (Å²) in [5.74, 6) is -0.499. The monoisotopic (exact) mass is 383 g/mol. The van der Waals surface area contributed by atoms with Crippen molar-refractivity contribution >= 4 is 33.5 Å². The van der Waals surface area contributed by atoms with Crippen molar-refractivity contribution in [3.63, 3.8) is 0 Å². The van der Waals surface area contributed by atoms with Gasteiger partial charge in [0.15, 0.2) is 0 Å². The van der Waals surface area contributed by atoms with Crippen LogP contribution in [0.1, 0.15) is 48.0 Å². The Balaban J connectivity index is 1.99. The number of benzene rings is 1. The van der Waals surface area contributed by atoms with Crippen molar-refractivity contribution in [1.82, 2.24) is 0 Å². The van der Waals surface area contributed by atoms with E-state index in [4.69, 9.17) is 9.47 Å². The molecule has 0 aromatic heterocycles. The normalized spacial score (nSPS) is 17.6. The van der Waals surface area contributed by atoms with E-state index in [0.29, 0.717) is 27.7 Å². The molecule has 1 aliphatic rings. The zero-order chi connectivity index (χ0) is 16.8. The highest BCUT2D eigenvalue weighted by Crippen LogP contribution is 2.28. The smallest absolute Gasteiger partial charge is 0.339 e. The second kappa shape index (κ2) is 8.45. The summed E-state index contributed by atoms with van der Waals surface area (Å²) in [5, 5.41) is 2.87. The lowest BCUT2D eigenvalue weighted by Gasteiger charge is -2.22. The lowest BCUT2D eigenvalue weighted by molar-refractivity contribution is -0.117. The molecule has 1 saturated heterocycles. The number of halogens is 1. The van der Waals surface area contributed by atoms with E-state index in [0.717, 1.165) is 25.9 Å². The lowest BCUT2D eigenvalue weighted by atomic mass is 10.0. The van der Waals surface area contributed by atoms with Crippen LogP contribution in [0.4, 0.5) is 5.69 Å². The summed E-state index contributed by atoms with van der Waals surface area (Å²) in [6, 6.07) is 3.51. The lowest BCUT2D eigenvalue weighted by Crippen LogP contribution is -2.22. The van der Waals surface area contributed by atoms with Crippen LogP contribution in [0.15, 0.2) is 16.6 Å². The fraction of sp³-hybridized carbons (Fsp3) is 0.529. The van der Waals surface area contributed by atoms with Gasteiger partial charge in [0.05, 0.1) is 18.8 Å². The summed E-state index contributed by atoms with van der Waals surface area (Å²) < 4.78 is 11.1. The fourth-order valence-corrected chi connectivity index (χ4v) is 3.30. The molecule has 0 unspecified atom stereocenters. The van der Waals surface area contributed by atoms with Crippen molar-refractivity contribution in [2.24, 2.45) is 0 Å². The molecule has 0 aliphatic carbocycles. The van der Waals surface area contributed by atoms with E-state index in [1.165, 1.54) is 13.5 Å². The van der Waals surface area contributed by atoms with Crippen LogP contribution < -0.4 is 5.32 Å². The third-order valence-corrected chi connectivity index (χ3v) is 4.71. The molecule has 1 fully saturated rings. The number of anilines is 1. The zero-order valence-electron chi connectivity index (χ0n) is 13.5. The second-order valence-corrected chi connectivity index (χ2v) is 6.52. The summed E-state index contributed by atoms with van der Waals surface area (Å²) in [5.41, 5.74) is 1.75. The van der Waals surface area contributed by atoms with Gasteiger partial charge in [-0.1, -0.05) is 0 Å². The van der Waals surface area contributed by atoms with E-state index < -0.39 is 5.97 Å². The summed E-state index contributed by atoms with van der Waals surface area (Å²) in [4.78, 5) is 24.0. The average Bonchev–Trinajstić information content (AvgIpc) is 2.56. The van der Waals surface area contributed by atoms with Crippen molar-refractivity contribution in [1.29, 1.82) is 0 Å². The van der Waals surface area contributed by atoms with E-state index in [-0.39, 0.29) is 12.0 Å². The molecule has 1 amide bonds. The Morgan fingerprint density at radius 2 is 2.17 bits per heavy atom. The fourth-order valence-electron chi connectivity index (χ4n) is 2.71. The van der Waals surface area contributed by atoms with Crippen molar-refractivity contribution in [2.75, 3.05) is 19.0 Å². The van der Waals surface area contributed by atoms with Gasteiger partial charge in [-0.3, -0.25) is 4.79 Å². The molecule has 5 nitrogen and oxygen atoms in total. The molecule has 1 N–H and O–H groups in total. The van der Waals surface area contributed by atoms with Crippen LogP contribution in [0, 0.1) is 6.92 Å². The van der Waals surface area contributed by atoms with Gasteiger partial charge >= 0.3 is 5.97 Å². The SMILES string of the molecule is COC(=O)c1c(Br)ccc(NC(=O)CC[C@@H]2CCCCO2)c1C. The Morgan fingerprint density at radius 3 is 2.83 bits per heavy atom. The first-order valence-electron chi connectivity index (χ1n) is 7.81. The van der Waals surface area contributed by atoms with Gasteiger partial charge in [0.2, 0.25) is 5.91 Å². The minimum Gasteiger partial charge on any atom is -0.465 e. The maximum Gasteiger partial charge on any atom is 0.339 e. The van der Waals surface area contributed by atoms with Crippen LogP contribution in [-0.4, -0.2) is 31.7 Å². The van der Waals surface area contributed by atoms with Crippen LogP contribution in [0.3, 0.4) is 0 Å². The molecule has 0 bridgehead atoms. The maximum absolute atomic E-state index is 12.1. The third kappa shape index (κ3) is 4.78. The first-order valence-corrected chi connectivity index (χ1v) is 8.61. The molecule has 1 heterocycles. The van der Waals surface area contributed by atoms with E-state index in [9.17, 15) is 9.59 Å². The van der Waals surface area contributed by atoms with Gasteiger partial charge in [0, 0.05) is 23.2 Å². The Kier molecular flexibility index (Phi) is 6.59. The largest absolute Gasteiger partial charge is 0.465 e. The minimum absolute atomic E-state index is 0.0691. The highest BCUT2D eigenvalue weighted by atomic mass is 79.9. The predicted molar refractivity (Wildman–Crippen MR) is 91.7 cm³/mol. The minimum atomic E-state index is -0.430. The first-order chi connectivity index (χ1) is 11.0. The number of hydrogen-bond donors (Lipinski definition) is 1. The molecule has 0 saturated carbocycles. The number of ether oxygens (including phenoxy) is 2. The van der Waals surface area contributed by atoms with Crippen LogP contribution in [-0.2, 0) is 14.3 Å². The van der Waals surface area contributed by atoms with Gasteiger partial charge in [-0.05, 0) is 66.2 Å². The third-order valence-electron chi connectivity index (χ3n) is 4.05. The molecule has 2 rings (SSSR count). The van der Waals surface area contributed by atoms with E-state index in [1.54, 1.807) is 19.1 Å². The highest BCUT2D eigenvalue weighted by molar-refractivity contribution is 9.10. The molecule has 1 aromatic carbocycles. The maximum atomic E-state index is 12.1. The number of esters is 1. The summed E-state index contributed by atoms with van der Waals surface area (Å²) >= 11 is 3.34. The zero-order valence-corrected chi connectivity index (χ0v) is 15.1. The van der Waals surface area contributed by atoms with Crippen molar-refractivity contribution < 1.29 is 19.1 Å². The molecule has 0 radical (unpaired) electrons. The molecule has 6 heteroatoms. The molecule has 0 spiro atoms. The quantitative estimate of drug-likeness (QED) is 0.784. The highest BCUT2D eigenvalue weighted by Gasteiger charge is 2.19. The number of rotatable bonds is 5.